The van der Waals surface area contributed by atoms with Crippen molar-refractivity contribution in [1.82, 2.24) is 10.6 Å². The molecule has 1 atom stereocenters. The van der Waals surface area contributed by atoms with E-state index >= 15 is 0 Å². The number of hydrogen-bond donors (Lipinski definition) is 3. The first-order chi connectivity index (χ1) is 9.83. The second-order valence-corrected chi connectivity index (χ2v) is 5.84. The Morgan fingerprint density at radius 1 is 1.25 bits per heavy atom. The molecule has 108 valence electrons. The maximum absolute atomic E-state index is 11.8. The van der Waals surface area contributed by atoms with Gasteiger partial charge in [0.25, 0.3) is 0 Å². The topological polar surface area (TPSA) is 53.2 Å². The van der Waals surface area contributed by atoms with Crippen LogP contribution in [0.2, 0.25) is 0 Å². The SMILES string of the molecule is O=C(NCCC1CNc2ccccc21)NC1CCCC1. The number of para-hydroxylation sites is 1. The van der Waals surface area contributed by atoms with Gasteiger partial charge in [-0.15, -0.1) is 0 Å². The Kier molecular flexibility index (Phi) is 4.09. The van der Waals surface area contributed by atoms with E-state index in [4.69, 9.17) is 0 Å². The van der Waals surface area contributed by atoms with Gasteiger partial charge in [0.15, 0.2) is 0 Å². The molecule has 0 radical (unpaired) electrons. The number of hydrogen-bond acceptors (Lipinski definition) is 2. The fourth-order valence-electron chi connectivity index (χ4n) is 3.28. The number of rotatable bonds is 4. The highest BCUT2D eigenvalue weighted by Crippen LogP contribution is 2.32. The molecule has 1 aromatic carbocycles. The van der Waals surface area contributed by atoms with E-state index < -0.39 is 0 Å². The summed E-state index contributed by atoms with van der Waals surface area (Å²) in [6, 6.07) is 8.83. The van der Waals surface area contributed by atoms with E-state index in [1.165, 1.54) is 24.1 Å². The molecule has 2 aliphatic rings. The third-order valence-electron chi connectivity index (χ3n) is 4.41. The molecule has 1 unspecified atom stereocenters. The van der Waals surface area contributed by atoms with Crippen LogP contribution in [0.5, 0.6) is 0 Å². The molecule has 1 aromatic rings. The molecule has 1 saturated carbocycles. The van der Waals surface area contributed by atoms with E-state index in [9.17, 15) is 4.79 Å². The zero-order valence-corrected chi connectivity index (χ0v) is 11.8. The molecule has 20 heavy (non-hydrogen) atoms. The molecular formula is C16H23N3O. The molecule has 0 aromatic heterocycles. The fourth-order valence-corrected chi connectivity index (χ4v) is 3.28. The van der Waals surface area contributed by atoms with E-state index in [2.05, 4.69) is 40.2 Å². The van der Waals surface area contributed by atoms with Crippen molar-refractivity contribution in [3.63, 3.8) is 0 Å². The van der Waals surface area contributed by atoms with Crippen LogP contribution in [0.3, 0.4) is 0 Å². The smallest absolute Gasteiger partial charge is 0.315 e. The maximum atomic E-state index is 11.8. The molecule has 1 aliphatic carbocycles. The Morgan fingerprint density at radius 3 is 2.90 bits per heavy atom. The van der Waals surface area contributed by atoms with Crippen LogP contribution in [0, 0.1) is 0 Å². The minimum absolute atomic E-state index is 0.00357. The Labute approximate surface area is 120 Å². The Hall–Kier alpha value is -1.71. The molecule has 2 amide bonds. The average molecular weight is 273 g/mol. The van der Waals surface area contributed by atoms with Crippen LogP contribution in [0.15, 0.2) is 24.3 Å². The number of fused-ring (bicyclic) bond motifs is 1. The van der Waals surface area contributed by atoms with E-state index in [-0.39, 0.29) is 6.03 Å². The molecule has 0 spiro atoms. The van der Waals surface area contributed by atoms with Gasteiger partial charge in [-0.1, -0.05) is 31.0 Å². The second-order valence-electron chi connectivity index (χ2n) is 5.84. The summed E-state index contributed by atoms with van der Waals surface area (Å²) in [6.07, 6.45) is 5.74. The van der Waals surface area contributed by atoms with Gasteiger partial charge in [0.2, 0.25) is 0 Å². The van der Waals surface area contributed by atoms with Gasteiger partial charge in [0, 0.05) is 30.7 Å². The minimum Gasteiger partial charge on any atom is -0.384 e. The standard InChI is InChI=1S/C16H23N3O/c20-16(19-13-5-1-2-6-13)17-10-9-12-11-18-15-8-4-3-7-14(12)15/h3-4,7-8,12-13,18H,1-2,5-6,9-11H2,(H2,17,19,20). The van der Waals surface area contributed by atoms with Crippen molar-refractivity contribution in [2.75, 3.05) is 18.4 Å². The van der Waals surface area contributed by atoms with Gasteiger partial charge >= 0.3 is 6.03 Å². The summed E-state index contributed by atoms with van der Waals surface area (Å²) in [4.78, 5) is 11.8. The van der Waals surface area contributed by atoms with Crippen LogP contribution in [0.1, 0.15) is 43.6 Å². The largest absolute Gasteiger partial charge is 0.384 e. The van der Waals surface area contributed by atoms with E-state index in [1.54, 1.807) is 0 Å². The van der Waals surface area contributed by atoms with Gasteiger partial charge in [0.1, 0.15) is 0 Å². The molecular weight excluding hydrogens is 250 g/mol. The first-order valence-electron chi connectivity index (χ1n) is 7.70. The summed E-state index contributed by atoms with van der Waals surface area (Å²) in [5, 5.41) is 9.47. The summed E-state index contributed by atoms with van der Waals surface area (Å²) in [5.74, 6) is 0.512. The van der Waals surface area contributed by atoms with E-state index in [1.807, 2.05) is 0 Å². The highest BCUT2D eigenvalue weighted by molar-refractivity contribution is 5.74. The molecule has 0 saturated heterocycles. The third kappa shape index (κ3) is 3.06. The van der Waals surface area contributed by atoms with Crippen molar-refractivity contribution < 1.29 is 4.79 Å². The molecule has 3 N–H and O–H groups in total. The molecule has 1 fully saturated rings. The molecule has 4 heteroatoms. The van der Waals surface area contributed by atoms with Gasteiger partial charge in [-0.3, -0.25) is 0 Å². The van der Waals surface area contributed by atoms with Crippen LogP contribution in [-0.2, 0) is 0 Å². The summed E-state index contributed by atoms with van der Waals surface area (Å²) in [7, 11) is 0. The van der Waals surface area contributed by atoms with Crippen LogP contribution in [0.4, 0.5) is 10.5 Å². The normalized spacial score (nSPS) is 21.3. The van der Waals surface area contributed by atoms with Crippen molar-refractivity contribution in [2.45, 2.75) is 44.1 Å². The zero-order valence-electron chi connectivity index (χ0n) is 11.8. The van der Waals surface area contributed by atoms with Gasteiger partial charge in [-0.05, 0) is 30.9 Å². The summed E-state index contributed by atoms with van der Waals surface area (Å²) < 4.78 is 0. The lowest BCUT2D eigenvalue weighted by atomic mass is 9.98. The molecule has 1 heterocycles. The molecule has 0 bridgehead atoms. The average Bonchev–Trinajstić information content (AvgIpc) is 3.09. The van der Waals surface area contributed by atoms with Crippen molar-refractivity contribution in [2.24, 2.45) is 0 Å². The number of carbonyl (C=O) groups is 1. The summed E-state index contributed by atoms with van der Waals surface area (Å²) in [6.45, 7) is 1.71. The van der Waals surface area contributed by atoms with Gasteiger partial charge in [-0.25, -0.2) is 4.79 Å². The first kappa shape index (κ1) is 13.3. The summed E-state index contributed by atoms with van der Waals surface area (Å²) in [5.41, 5.74) is 2.62. The number of anilines is 1. The lowest BCUT2D eigenvalue weighted by Gasteiger charge is -2.14. The Balaban J connectivity index is 1.41. The molecule has 1 aliphatic heterocycles. The first-order valence-corrected chi connectivity index (χ1v) is 7.70. The predicted molar refractivity (Wildman–Crippen MR) is 81.1 cm³/mol. The number of amides is 2. The predicted octanol–water partition coefficient (Wildman–Crippen LogP) is 2.83. The minimum atomic E-state index is -0.00357. The van der Waals surface area contributed by atoms with Crippen LogP contribution in [0.25, 0.3) is 0 Å². The van der Waals surface area contributed by atoms with Crippen LogP contribution in [-0.4, -0.2) is 25.2 Å². The molecule has 4 nitrogen and oxygen atoms in total. The monoisotopic (exact) mass is 273 g/mol. The van der Waals surface area contributed by atoms with Crippen molar-refractivity contribution in [1.29, 1.82) is 0 Å². The van der Waals surface area contributed by atoms with Gasteiger partial charge in [-0.2, -0.15) is 0 Å². The van der Waals surface area contributed by atoms with Gasteiger partial charge in [0.05, 0.1) is 0 Å². The Bertz CT molecular complexity index is 469. The van der Waals surface area contributed by atoms with Crippen LogP contribution >= 0.6 is 0 Å². The third-order valence-corrected chi connectivity index (χ3v) is 4.41. The van der Waals surface area contributed by atoms with Crippen molar-refractivity contribution in [3.8, 4) is 0 Å². The number of benzene rings is 1. The second kappa shape index (κ2) is 6.16. The summed E-state index contributed by atoms with van der Waals surface area (Å²) >= 11 is 0. The Morgan fingerprint density at radius 2 is 2.05 bits per heavy atom. The number of nitrogens with one attached hydrogen (secondary N) is 3. The number of carbonyl (C=O) groups excluding carboxylic acids is 1. The van der Waals surface area contributed by atoms with E-state index in [0.29, 0.717) is 12.0 Å². The van der Waals surface area contributed by atoms with Crippen molar-refractivity contribution in [3.05, 3.63) is 29.8 Å². The molecule has 3 rings (SSSR count). The quantitative estimate of drug-likeness (QED) is 0.790. The highest BCUT2D eigenvalue weighted by Gasteiger charge is 2.21. The van der Waals surface area contributed by atoms with E-state index in [0.717, 1.165) is 32.4 Å². The lowest BCUT2D eigenvalue weighted by Crippen LogP contribution is -2.41. The van der Waals surface area contributed by atoms with Gasteiger partial charge < -0.3 is 16.0 Å². The number of urea groups is 1. The maximum Gasteiger partial charge on any atom is 0.315 e. The fraction of sp³-hybridized carbons (Fsp3) is 0.562. The van der Waals surface area contributed by atoms with Crippen LogP contribution < -0.4 is 16.0 Å². The van der Waals surface area contributed by atoms with Crippen molar-refractivity contribution >= 4 is 11.7 Å². The lowest BCUT2D eigenvalue weighted by molar-refractivity contribution is 0.237. The highest BCUT2D eigenvalue weighted by atomic mass is 16.2. The zero-order chi connectivity index (χ0) is 13.8.